The quantitative estimate of drug-likeness (QED) is 0.223. The van der Waals surface area contributed by atoms with E-state index in [0.717, 1.165) is 22.2 Å². The fourth-order valence-corrected chi connectivity index (χ4v) is 6.17. The van der Waals surface area contributed by atoms with Crippen LogP contribution in [0.15, 0.2) is 58.8 Å². The summed E-state index contributed by atoms with van der Waals surface area (Å²) in [4.78, 5) is 0. The third-order valence-corrected chi connectivity index (χ3v) is 8.04. The molecule has 0 atom stereocenters. The minimum atomic E-state index is -0.682. The molecule has 29 heavy (non-hydrogen) atoms. The number of hydrogen-bond donors (Lipinski definition) is 3. The number of benzene rings is 3. The summed E-state index contributed by atoms with van der Waals surface area (Å²) < 4.78 is 2.81. The van der Waals surface area contributed by atoms with Crippen LogP contribution in [-0.4, -0.2) is 23.2 Å². The predicted molar refractivity (Wildman–Crippen MR) is 137 cm³/mol. The van der Waals surface area contributed by atoms with Gasteiger partial charge in [0.1, 0.15) is 25.1 Å². The van der Waals surface area contributed by atoms with E-state index in [1.807, 2.05) is 44.2 Å². The molecular formula is C20H14BBr5O3. The van der Waals surface area contributed by atoms with Crippen LogP contribution in [0.4, 0.5) is 0 Å². The number of rotatable bonds is 3. The van der Waals surface area contributed by atoms with Crippen molar-refractivity contribution in [2.75, 3.05) is 0 Å². The summed E-state index contributed by atoms with van der Waals surface area (Å²) in [5, 5.41) is 30.7. The Morgan fingerprint density at radius 2 is 0.862 bits per heavy atom. The molecule has 0 saturated carbocycles. The largest absolute Gasteiger partial charge is 0.507 e. The maximum atomic E-state index is 10.2. The van der Waals surface area contributed by atoms with Crippen molar-refractivity contribution in [2.45, 2.75) is 12.3 Å². The summed E-state index contributed by atoms with van der Waals surface area (Å²) in [6.07, 6.45) is 0. The third kappa shape index (κ3) is 4.18. The molecule has 0 unspecified atom stereocenters. The molecule has 3 nitrogen and oxygen atoms in total. The molecule has 0 aliphatic heterocycles. The summed E-state index contributed by atoms with van der Waals surface area (Å²) in [5.41, 5.74) is 2.77. The predicted octanol–water partition coefficient (Wildman–Crippen LogP) is 6.23. The molecule has 3 N–H and O–H groups in total. The molecule has 3 rings (SSSR count). The van der Waals surface area contributed by atoms with Crippen molar-refractivity contribution in [3.63, 3.8) is 0 Å². The number of phenolic OH excluding ortho intramolecular Hbond substituents is 3. The molecule has 3 aromatic carbocycles. The lowest BCUT2D eigenvalue weighted by Gasteiger charge is -2.33. The number of aromatic hydroxyl groups is 3. The zero-order valence-electron chi connectivity index (χ0n) is 15.2. The molecule has 0 bridgehead atoms. The lowest BCUT2D eigenvalue weighted by atomic mass is 9.70. The molecule has 0 aromatic heterocycles. The molecule has 0 saturated heterocycles. The molecule has 0 spiro atoms. The van der Waals surface area contributed by atoms with Crippen molar-refractivity contribution in [3.8, 4) is 17.2 Å². The van der Waals surface area contributed by atoms with Crippen molar-refractivity contribution < 1.29 is 15.3 Å². The Balaban J connectivity index is 2.42. The van der Waals surface area contributed by atoms with Gasteiger partial charge in [0, 0.05) is 5.41 Å². The standard InChI is InChI=1S/C20H14BBr5O3/c1-20(8-2-11(21)17(27)12(22)3-8,9-4-13(23)18(28)14(24)5-9)10-6-15(25)19(29)16(26)7-10/h2-7,27-29H,21H2,1H3. The van der Waals surface area contributed by atoms with E-state index in [1.54, 1.807) is 0 Å². The topological polar surface area (TPSA) is 60.7 Å². The third-order valence-electron chi connectivity index (χ3n) is 5.02. The average molecular weight is 713 g/mol. The van der Waals surface area contributed by atoms with Gasteiger partial charge in [-0.05, 0) is 139 Å². The highest BCUT2D eigenvalue weighted by Gasteiger charge is 2.34. The number of halogens is 5. The molecule has 0 amide bonds. The van der Waals surface area contributed by atoms with Gasteiger partial charge in [-0.25, -0.2) is 0 Å². The van der Waals surface area contributed by atoms with E-state index < -0.39 is 5.41 Å². The number of phenols is 3. The Morgan fingerprint density at radius 1 is 0.586 bits per heavy atom. The normalized spacial score (nSPS) is 11.7. The number of hydrogen-bond acceptors (Lipinski definition) is 3. The lowest BCUT2D eigenvalue weighted by Crippen LogP contribution is -2.27. The van der Waals surface area contributed by atoms with E-state index in [-0.39, 0.29) is 17.2 Å². The first kappa shape index (κ1) is 23.2. The highest BCUT2D eigenvalue weighted by molar-refractivity contribution is 9.11. The van der Waals surface area contributed by atoms with E-state index in [1.165, 1.54) is 0 Å². The maximum Gasteiger partial charge on any atom is 0.144 e. The van der Waals surface area contributed by atoms with Gasteiger partial charge in [-0.3, -0.25) is 0 Å². The van der Waals surface area contributed by atoms with Crippen LogP contribution in [0.1, 0.15) is 23.6 Å². The summed E-state index contributed by atoms with van der Waals surface area (Å²) >= 11 is 17.2. The van der Waals surface area contributed by atoms with E-state index in [2.05, 4.69) is 86.6 Å². The zero-order chi connectivity index (χ0) is 21.7. The molecule has 0 fully saturated rings. The first-order chi connectivity index (χ1) is 13.5. The van der Waals surface area contributed by atoms with Crippen LogP contribution in [0, 0.1) is 0 Å². The summed E-state index contributed by atoms with van der Waals surface area (Å²) in [6, 6.07) is 11.3. The zero-order valence-corrected chi connectivity index (χ0v) is 23.1. The molecule has 0 aliphatic rings. The fraction of sp³-hybridized carbons (Fsp3) is 0.100. The molecule has 9 heteroatoms. The van der Waals surface area contributed by atoms with Crippen LogP contribution in [-0.2, 0) is 5.41 Å². The Hall–Kier alpha value is -0.475. The lowest BCUT2D eigenvalue weighted by molar-refractivity contribution is 0.467. The van der Waals surface area contributed by atoms with E-state index in [4.69, 9.17) is 0 Å². The van der Waals surface area contributed by atoms with E-state index >= 15 is 0 Å². The first-order valence-corrected chi connectivity index (χ1v) is 12.3. The first-order valence-electron chi connectivity index (χ1n) is 8.33. The van der Waals surface area contributed by atoms with Gasteiger partial charge in [-0.2, -0.15) is 0 Å². The van der Waals surface area contributed by atoms with Gasteiger partial charge in [-0.1, -0.05) is 6.07 Å². The van der Waals surface area contributed by atoms with Crippen LogP contribution in [0.25, 0.3) is 0 Å². The van der Waals surface area contributed by atoms with Gasteiger partial charge in [0.05, 0.1) is 22.4 Å². The molecular weight excluding hydrogens is 699 g/mol. The monoisotopic (exact) mass is 708 g/mol. The van der Waals surface area contributed by atoms with Crippen LogP contribution < -0.4 is 5.46 Å². The Labute approximate surface area is 211 Å². The highest BCUT2D eigenvalue weighted by atomic mass is 79.9. The molecule has 0 radical (unpaired) electrons. The van der Waals surface area contributed by atoms with Crippen molar-refractivity contribution in [1.29, 1.82) is 0 Å². The van der Waals surface area contributed by atoms with Crippen LogP contribution in [0.2, 0.25) is 0 Å². The van der Waals surface area contributed by atoms with Crippen molar-refractivity contribution in [1.82, 2.24) is 0 Å². The van der Waals surface area contributed by atoms with Gasteiger partial charge in [0.2, 0.25) is 0 Å². The molecule has 0 aliphatic carbocycles. The van der Waals surface area contributed by atoms with Gasteiger partial charge < -0.3 is 15.3 Å². The second-order valence-electron chi connectivity index (χ2n) is 6.83. The second kappa shape index (κ2) is 8.57. The van der Waals surface area contributed by atoms with Crippen LogP contribution >= 0.6 is 79.6 Å². The smallest absolute Gasteiger partial charge is 0.144 e. The SMILES string of the molecule is Bc1cc(C(C)(c2cc(Br)c(O)c(Br)c2)c2cc(Br)c(O)c(Br)c2)cc(Br)c1O. The Kier molecular flexibility index (Phi) is 6.86. The van der Waals surface area contributed by atoms with Gasteiger partial charge in [0.25, 0.3) is 0 Å². The van der Waals surface area contributed by atoms with Gasteiger partial charge in [-0.15, -0.1) is 0 Å². The second-order valence-corrected chi connectivity index (χ2v) is 11.1. The minimum absolute atomic E-state index is 0.118. The van der Waals surface area contributed by atoms with Crippen LogP contribution in [0.5, 0.6) is 17.2 Å². The van der Waals surface area contributed by atoms with E-state index in [0.29, 0.717) is 22.4 Å². The van der Waals surface area contributed by atoms with Crippen molar-refractivity contribution >= 4 is 93.0 Å². The minimum Gasteiger partial charge on any atom is -0.507 e. The summed E-state index contributed by atoms with van der Waals surface area (Å²) in [7, 11) is 1.84. The van der Waals surface area contributed by atoms with Crippen LogP contribution in [0.3, 0.4) is 0 Å². The molecule has 3 aromatic rings. The fourth-order valence-electron chi connectivity index (χ4n) is 3.23. The molecule has 0 heterocycles. The summed E-state index contributed by atoms with van der Waals surface area (Å²) in [5.74, 6) is 0.428. The van der Waals surface area contributed by atoms with Crippen molar-refractivity contribution in [2.24, 2.45) is 0 Å². The summed E-state index contributed by atoms with van der Waals surface area (Å²) in [6.45, 7) is 2.06. The average Bonchev–Trinajstić information content (AvgIpc) is 2.66. The van der Waals surface area contributed by atoms with Crippen molar-refractivity contribution in [3.05, 3.63) is 75.5 Å². The molecule has 150 valence electrons. The Bertz CT molecular complexity index is 925. The van der Waals surface area contributed by atoms with Gasteiger partial charge >= 0.3 is 0 Å². The Morgan fingerprint density at radius 3 is 1.17 bits per heavy atom. The highest BCUT2D eigenvalue weighted by Crippen LogP contribution is 2.47. The van der Waals surface area contributed by atoms with E-state index in [9.17, 15) is 15.3 Å². The van der Waals surface area contributed by atoms with Gasteiger partial charge in [0.15, 0.2) is 0 Å². The maximum absolute atomic E-state index is 10.2.